The van der Waals surface area contributed by atoms with E-state index in [-0.39, 0.29) is 5.56 Å². The van der Waals surface area contributed by atoms with Crippen LogP contribution in [0.1, 0.15) is 25.1 Å². The van der Waals surface area contributed by atoms with Gasteiger partial charge in [0, 0.05) is 11.3 Å². The van der Waals surface area contributed by atoms with Gasteiger partial charge in [0.25, 0.3) is 5.56 Å². The molecule has 1 fully saturated rings. The molecule has 4 nitrogen and oxygen atoms in total. The number of hydrogen-bond donors (Lipinski definition) is 2. The molecule has 2 heterocycles. The van der Waals surface area contributed by atoms with Crippen LogP contribution in [-0.4, -0.2) is 27.5 Å². The van der Waals surface area contributed by atoms with Crippen molar-refractivity contribution in [2.75, 3.05) is 12.8 Å². The van der Waals surface area contributed by atoms with Crippen molar-refractivity contribution in [3.8, 4) is 0 Å². The second-order valence-electron chi connectivity index (χ2n) is 4.99. The first-order chi connectivity index (χ1) is 9.22. The Morgan fingerprint density at radius 1 is 1.58 bits per heavy atom. The summed E-state index contributed by atoms with van der Waals surface area (Å²) in [6.45, 7) is 1.61. The van der Waals surface area contributed by atoms with E-state index in [1.165, 1.54) is 30.6 Å². The molecule has 0 aliphatic heterocycles. The van der Waals surface area contributed by atoms with Crippen LogP contribution in [-0.2, 0) is 6.54 Å². The zero-order valence-corrected chi connectivity index (χ0v) is 12.5. The molecule has 0 amide bonds. The SMILES string of the molecule is CSC1(CNCc2nc3ccsc3c(=O)[nH]2)CCC1. The van der Waals surface area contributed by atoms with Gasteiger partial charge in [0.2, 0.25) is 0 Å². The highest BCUT2D eigenvalue weighted by Gasteiger charge is 2.35. The van der Waals surface area contributed by atoms with Crippen molar-refractivity contribution in [2.24, 2.45) is 0 Å². The average Bonchev–Trinajstić information content (AvgIpc) is 2.81. The number of rotatable bonds is 5. The fourth-order valence-corrected chi connectivity index (χ4v) is 4.11. The molecule has 1 aliphatic carbocycles. The Hall–Kier alpha value is -0.850. The van der Waals surface area contributed by atoms with Gasteiger partial charge in [-0.25, -0.2) is 4.98 Å². The molecule has 1 aliphatic rings. The molecule has 2 aromatic heterocycles. The Morgan fingerprint density at radius 2 is 2.42 bits per heavy atom. The lowest BCUT2D eigenvalue weighted by atomic mass is 9.84. The maximum Gasteiger partial charge on any atom is 0.268 e. The molecule has 102 valence electrons. The van der Waals surface area contributed by atoms with Crippen LogP contribution in [0.2, 0.25) is 0 Å². The standard InChI is InChI=1S/C13H17N3OS2/c1-18-13(4-2-5-13)8-14-7-10-15-9-3-6-19-11(9)12(17)16-10/h3,6,14H,2,4-5,7-8H2,1H3,(H,15,16,17). The van der Waals surface area contributed by atoms with E-state index in [1.807, 2.05) is 23.2 Å². The van der Waals surface area contributed by atoms with Crippen LogP contribution < -0.4 is 10.9 Å². The van der Waals surface area contributed by atoms with Gasteiger partial charge in [-0.3, -0.25) is 4.79 Å². The van der Waals surface area contributed by atoms with Crippen molar-refractivity contribution in [3.05, 3.63) is 27.6 Å². The predicted octanol–water partition coefficient (Wildman–Crippen LogP) is 2.36. The monoisotopic (exact) mass is 295 g/mol. The van der Waals surface area contributed by atoms with Gasteiger partial charge in [0.05, 0.1) is 12.1 Å². The Morgan fingerprint density at radius 3 is 3.11 bits per heavy atom. The van der Waals surface area contributed by atoms with Crippen LogP contribution in [0.5, 0.6) is 0 Å². The van der Waals surface area contributed by atoms with Crippen LogP contribution in [0.25, 0.3) is 10.2 Å². The number of hydrogen-bond acceptors (Lipinski definition) is 5. The first-order valence-electron chi connectivity index (χ1n) is 6.45. The molecule has 6 heteroatoms. The third kappa shape index (κ3) is 2.57. The summed E-state index contributed by atoms with van der Waals surface area (Å²) < 4.78 is 1.12. The van der Waals surface area contributed by atoms with Gasteiger partial charge >= 0.3 is 0 Å². The normalized spacial score (nSPS) is 17.5. The summed E-state index contributed by atoms with van der Waals surface area (Å²) >= 11 is 3.39. The largest absolute Gasteiger partial charge is 0.309 e. The summed E-state index contributed by atoms with van der Waals surface area (Å²) in [6, 6.07) is 1.90. The van der Waals surface area contributed by atoms with Crippen molar-refractivity contribution in [3.63, 3.8) is 0 Å². The van der Waals surface area contributed by atoms with E-state index in [0.717, 1.165) is 17.9 Å². The first-order valence-corrected chi connectivity index (χ1v) is 8.55. The average molecular weight is 295 g/mol. The second kappa shape index (κ2) is 5.26. The minimum Gasteiger partial charge on any atom is -0.309 e. The summed E-state index contributed by atoms with van der Waals surface area (Å²) in [5.74, 6) is 0.728. The number of aromatic amines is 1. The quantitative estimate of drug-likeness (QED) is 0.889. The van der Waals surface area contributed by atoms with E-state index >= 15 is 0 Å². The van der Waals surface area contributed by atoms with E-state index in [0.29, 0.717) is 16.0 Å². The van der Waals surface area contributed by atoms with Gasteiger partial charge in [-0.05, 0) is 30.5 Å². The molecule has 0 saturated heterocycles. The number of fused-ring (bicyclic) bond motifs is 1. The number of thiophene rings is 1. The van der Waals surface area contributed by atoms with E-state index in [1.54, 1.807) is 0 Å². The minimum atomic E-state index is -0.0278. The van der Waals surface area contributed by atoms with Gasteiger partial charge in [0.15, 0.2) is 0 Å². The van der Waals surface area contributed by atoms with Gasteiger partial charge in [-0.15, -0.1) is 11.3 Å². The van der Waals surface area contributed by atoms with Crippen molar-refractivity contribution in [1.29, 1.82) is 0 Å². The second-order valence-corrected chi connectivity index (χ2v) is 7.18. The summed E-state index contributed by atoms with van der Waals surface area (Å²) in [5, 5.41) is 5.33. The van der Waals surface area contributed by atoms with Gasteiger partial charge < -0.3 is 10.3 Å². The van der Waals surface area contributed by atoms with E-state index in [2.05, 4.69) is 21.5 Å². The molecular formula is C13H17N3OS2. The Kier molecular flexibility index (Phi) is 3.64. The fourth-order valence-electron chi connectivity index (χ4n) is 2.44. The lowest BCUT2D eigenvalue weighted by Crippen LogP contribution is -2.43. The summed E-state index contributed by atoms with van der Waals surface area (Å²) in [5.41, 5.74) is 0.772. The van der Waals surface area contributed by atoms with E-state index in [9.17, 15) is 4.79 Å². The topological polar surface area (TPSA) is 57.8 Å². The van der Waals surface area contributed by atoms with Crippen LogP contribution in [0.4, 0.5) is 0 Å². The third-order valence-electron chi connectivity index (χ3n) is 3.80. The van der Waals surface area contributed by atoms with E-state index < -0.39 is 0 Å². The maximum atomic E-state index is 11.8. The minimum absolute atomic E-state index is 0.0278. The van der Waals surface area contributed by atoms with Crippen molar-refractivity contribution in [1.82, 2.24) is 15.3 Å². The highest BCUT2D eigenvalue weighted by Crippen LogP contribution is 2.42. The summed E-state index contributed by atoms with van der Waals surface area (Å²) in [4.78, 5) is 19.1. The molecule has 1 saturated carbocycles. The molecular weight excluding hydrogens is 278 g/mol. The molecule has 2 aromatic rings. The maximum absolute atomic E-state index is 11.8. The molecule has 0 spiro atoms. The van der Waals surface area contributed by atoms with Crippen molar-refractivity contribution in [2.45, 2.75) is 30.6 Å². The first kappa shape index (κ1) is 13.1. The molecule has 2 N–H and O–H groups in total. The fraction of sp³-hybridized carbons (Fsp3) is 0.538. The molecule has 0 radical (unpaired) electrons. The highest BCUT2D eigenvalue weighted by molar-refractivity contribution is 8.00. The van der Waals surface area contributed by atoms with Crippen LogP contribution in [0.15, 0.2) is 16.2 Å². The van der Waals surface area contributed by atoms with Crippen LogP contribution >= 0.6 is 23.1 Å². The Labute approximate surface area is 120 Å². The zero-order valence-electron chi connectivity index (χ0n) is 10.9. The molecule has 0 bridgehead atoms. The van der Waals surface area contributed by atoms with Crippen LogP contribution in [0, 0.1) is 0 Å². The molecule has 3 rings (SSSR count). The molecule has 19 heavy (non-hydrogen) atoms. The van der Waals surface area contributed by atoms with E-state index in [4.69, 9.17) is 0 Å². The number of H-pyrrole nitrogens is 1. The van der Waals surface area contributed by atoms with Crippen molar-refractivity contribution < 1.29 is 0 Å². The number of aromatic nitrogens is 2. The summed E-state index contributed by atoms with van der Waals surface area (Å²) in [7, 11) is 0. The highest BCUT2D eigenvalue weighted by atomic mass is 32.2. The van der Waals surface area contributed by atoms with Crippen molar-refractivity contribution >= 4 is 33.3 Å². The lowest BCUT2D eigenvalue weighted by molar-refractivity contribution is 0.344. The lowest BCUT2D eigenvalue weighted by Gasteiger charge is -2.40. The number of nitrogens with one attached hydrogen (secondary N) is 2. The van der Waals surface area contributed by atoms with Gasteiger partial charge in [0.1, 0.15) is 10.5 Å². The number of nitrogens with zero attached hydrogens (tertiary/aromatic N) is 1. The molecule has 0 atom stereocenters. The summed E-state index contributed by atoms with van der Waals surface area (Å²) in [6.07, 6.45) is 6.08. The number of thioether (sulfide) groups is 1. The Balaban J connectivity index is 1.67. The zero-order chi connectivity index (χ0) is 13.3. The smallest absolute Gasteiger partial charge is 0.268 e. The Bertz CT molecular complexity index is 625. The van der Waals surface area contributed by atoms with Gasteiger partial charge in [-0.1, -0.05) is 6.42 Å². The predicted molar refractivity (Wildman–Crippen MR) is 82.0 cm³/mol. The third-order valence-corrected chi connectivity index (χ3v) is 6.12. The molecule has 0 aromatic carbocycles. The van der Waals surface area contributed by atoms with Gasteiger partial charge in [-0.2, -0.15) is 11.8 Å². The molecule has 0 unspecified atom stereocenters. The van der Waals surface area contributed by atoms with Crippen LogP contribution in [0.3, 0.4) is 0 Å².